The van der Waals surface area contributed by atoms with Crippen LogP contribution in [0.25, 0.3) is 0 Å². The van der Waals surface area contributed by atoms with Gasteiger partial charge in [-0.1, -0.05) is 11.6 Å². The van der Waals surface area contributed by atoms with Crippen LogP contribution in [0, 0.1) is 0 Å². The molecule has 5 heteroatoms. The van der Waals surface area contributed by atoms with E-state index in [1.807, 2.05) is 26.0 Å². The number of rotatable bonds is 6. The van der Waals surface area contributed by atoms with Crippen molar-refractivity contribution in [3.05, 3.63) is 47.0 Å². The quantitative estimate of drug-likeness (QED) is 0.792. The van der Waals surface area contributed by atoms with Crippen molar-refractivity contribution in [2.75, 3.05) is 13.2 Å². The number of ether oxygens (including phenoxy) is 2. The molecule has 0 spiro atoms. The first-order chi connectivity index (χ1) is 10.6. The molecule has 0 aliphatic rings. The van der Waals surface area contributed by atoms with Crippen LogP contribution in [0.2, 0.25) is 5.02 Å². The van der Waals surface area contributed by atoms with Gasteiger partial charge in [0.1, 0.15) is 22.9 Å². The van der Waals surface area contributed by atoms with E-state index < -0.39 is 0 Å². The van der Waals surface area contributed by atoms with Crippen LogP contribution in [0.4, 0.5) is 5.69 Å². The number of hydrogen-bond donors (Lipinski definition) is 1. The Balaban J connectivity index is 2.34. The molecule has 0 radical (unpaired) electrons. The zero-order valence-electron chi connectivity index (χ0n) is 12.5. The van der Waals surface area contributed by atoms with Gasteiger partial charge in [0.25, 0.3) is 0 Å². The molecule has 0 amide bonds. The molecule has 0 bridgehead atoms. The molecule has 0 aromatic heterocycles. The van der Waals surface area contributed by atoms with Gasteiger partial charge in [0.05, 0.1) is 13.2 Å². The maximum Gasteiger partial charge on any atom is 0.145 e. The number of nitrogens with zero attached hydrogens (tertiary/aromatic N) is 1. The van der Waals surface area contributed by atoms with Crippen LogP contribution >= 0.6 is 11.6 Å². The van der Waals surface area contributed by atoms with E-state index in [1.165, 1.54) is 6.07 Å². The van der Waals surface area contributed by atoms with E-state index in [4.69, 9.17) is 21.1 Å². The molecule has 116 valence electrons. The van der Waals surface area contributed by atoms with Gasteiger partial charge in [-0.2, -0.15) is 0 Å². The Morgan fingerprint density at radius 1 is 1.09 bits per heavy atom. The van der Waals surface area contributed by atoms with Crippen molar-refractivity contribution in [3.63, 3.8) is 0 Å². The molecule has 0 fully saturated rings. The van der Waals surface area contributed by atoms with Crippen LogP contribution in [0.1, 0.15) is 19.4 Å². The van der Waals surface area contributed by atoms with E-state index in [-0.39, 0.29) is 5.75 Å². The first-order valence-electron chi connectivity index (χ1n) is 7.06. The van der Waals surface area contributed by atoms with Crippen LogP contribution in [0.3, 0.4) is 0 Å². The zero-order valence-corrected chi connectivity index (χ0v) is 13.3. The molecule has 0 unspecified atom stereocenters. The number of aliphatic imine (C=N–C) groups is 1. The maximum absolute atomic E-state index is 9.82. The van der Waals surface area contributed by atoms with Crippen molar-refractivity contribution >= 4 is 23.5 Å². The summed E-state index contributed by atoms with van der Waals surface area (Å²) in [5.41, 5.74) is 1.17. The molecule has 22 heavy (non-hydrogen) atoms. The Morgan fingerprint density at radius 2 is 1.86 bits per heavy atom. The minimum absolute atomic E-state index is 0.118. The smallest absolute Gasteiger partial charge is 0.145 e. The third-order valence-electron chi connectivity index (χ3n) is 2.87. The fourth-order valence-corrected chi connectivity index (χ4v) is 2.08. The molecule has 2 aromatic rings. The number of phenolic OH excluding ortho intramolecular Hbond substituents is 1. The van der Waals surface area contributed by atoms with Crippen molar-refractivity contribution < 1.29 is 14.6 Å². The largest absolute Gasteiger partial charge is 0.507 e. The summed E-state index contributed by atoms with van der Waals surface area (Å²) in [7, 11) is 0. The molecule has 1 N–H and O–H groups in total. The van der Waals surface area contributed by atoms with E-state index in [0.717, 1.165) is 0 Å². The Bertz CT molecular complexity index is 671. The number of hydrogen-bond acceptors (Lipinski definition) is 4. The highest BCUT2D eigenvalue weighted by Gasteiger charge is 2.05. The number of halogens is 1. The summed E-state index contributed by atoms with van der Waals surface area (Å²) in [5, 5.41) is 10.4. The second kappa shape index (κ2) is 7.71. The third-order valence-corrected chi connectivity index (χ3v) is 3.11. The Kier molecular flexibility index (Phi) is 5.67. The fourth-order valence-electron chi connectivity index (χ4n) is 1.90. The van der Waals surface area contributed by atoms with Crippen LogP contribution < -0.4 is 9.47 Å². The van der Waals surface area contributed by atoms with Gasteiger partial charge in [0, 0.05) is 22.9 Å². The minimum atomic E-state index is 0.118. The lowest BCUT2D eigenvalue weighted by Crippen LogP contribution is -1.94. The predicted octanol–water partition coefficient (Wildman–Crippen LogP) is 4.59. The molecule has 4 nitrogen and oxygen atoms in total. The summed E-state index contributed by atoms with van der Waals surface area (Å²) < 4.78 is 11.0. The van der Waals surface area contributed by atoms with Crippen LogP contribution in [0.5, 0.6) is 17.2 Å². The average Bonchev–Trinajstić information content (AvgIpc) is 2.51. The highest BCUT2D eigenvalue weighted by atomic mass is 35.5. The van der Waals surface area contributed by atoms with Gasteiger partial charge in [-0.15, -0.1) is 0 Å². The zero-order chi connectivity index (χ0) is 15.9. The Labute approximate surface area is 135 Å². The van der Waals surface area contributed by atoms with E-state index in [1.54, 1.807) is 24.4 Å². The summed E-state index contributed by atoms with van der Waals surface area (Å²) in [6.07, 6.45) is 1.55. The van der Waals surface area contributed by atoms with Crippen molar-refractivity contribution in [1.29, 1.82) is 0 Å². The first-order valence-corrected chi connectivity index (χ1v) is 7.44. The lowest BCUT2D eigenvalue weighted by molar-refractivity contribution is 0.331. The third kappa shape index (κ3) is 4.15. The van der Waals surface area contributed by atoms with Gasteiger partial charge < -0.3 is 14.6 Å². The molecule has 0 aliphatic carbocycles. The standard InChI is InChI=1S/C17H18ClNO3/c1-3-21-14-6-8-17(22-4-2)15(10-14)19-11-12-9-13(18)5-7-16(12)20/h5-11,20H,3-4H2,1-2H3. The lowest BCUT2D eigenvalue weighted by Gasteiger charge is -2.09. The number of benzene rings is 2. The highest BCUT2D eigenvalue weighted by Crippen LogP contribution is 2.32. The van der Waals surface area contributed by atoms with Crippen molar-refractivity contribution in [2.24, 2.45) is 4.99 Å². The normalized spacial score (nSPS) is 10.9. The fraction of sp³-hybridized carbons (Fsp3) is 0.235. The summed E-state index contributed by atoms with van der Waals surface area (Å²) in [5.74, 6) is 1.49. The molecule has 2 rings (SSSR count). The van der Waals surface area contributed by atoms with Crippen LogP contribution in [-0.4, -0.2) is 24.5 Å². The number of aromatic hydroxyl groups is 1. The maximum atomic E-state index is 9.82. The molecule has 0 saturated heterocycles. The van der Waals surface area contributed by atoms with Gasteiger partial charge in [0.15, 0.2) is 0 Å². The molecular weight excluding hydrogens is 302 g/mol. The van der Waals surface area contributed by atoms with Crippen molar-refractivity contribution in [3.8, 4) is 17.2 Å². The molecule has 0 saturated carbocycles. The molecule has 0 atom stereocenters. The summed E-state index contributed by atoms with van der Waals surface area (Å²) in [4.78, 5) is 4.39. The van der Waals surface area contributed by atoms with E-state index in [9.17, 15) is 5.11 Å². The van der Waals surface area contributed by atoms with Gasteiger partial charge in [-0.3, -0.25) is 4.99 Å². The van der Waals surface area contributed by atoms with E-state index in [2.05, 4.69) is 4.99 Å². The van der Waals surface area contributed by atoms with E-state index in [0.29, 0.717) is 41.0 Å². The van der Waals surface area contributed by atoms with Gasteiger partial charge in [0.2, 0.25) is 0 Å². The predicted molar refractivity (Wildman–Crippen MR) is 89.2 cm³/mol. The molecule has 2 aromatic carbocycles. The minimum Gasteiger partial charge on any atom is -0.507 e. The molecular formula is C17H18ClNO3. The van der Waals surface area contributed by atoms with Crippen LogP contribution in [-0.2, 0) is 0 Å². The first kappa shape index (κ1) is 16.2. The van der Waals surface area contributed by atoms with Gasteiger partial charge >= 0.3 is 0 Å². The summed E-state index contributed by atoms with van der Waals surface area (Å²) >= 11 is 5.93. The van der Waals surface area contributed by atoms with Crippen LogP contribution in [0.15, 0.2) is 41.4 Å². The second-order valence-corrected chi connectivity index (χ2v) is 4.89. The van der Waals surface area contributed by atoms with Gasteiger partial charge in [-0.05, 0) is 44.2 Å². The lowest BCUT2D eigenvalue weighted by atomic mass is 10.2. The summed E-state index contributed by atoms with van der Waals surface area (Å²) in [6.45, 7) is 4.95. The Hall–Kier alpha value is -2.20. The number of phenols is 1. The topological polar surface area (TPSA) is 51.0 Å². The SMILES string of the molecule is CCOc1ccc(OCC)c(N=Cc2cc(Cl)ccc2O)c1. The molecule has 0 heterocycles. The van der Waals surface area contributed by atoms with Crippen molar-refractivity contribution in [2.45, 2.75) is 13.8 Å². The highest BCUT2D eigenvalue weighted by molar-refractivity contribution is 6.30. The summed E-state index contributed by atoms with van der Waals surface area (Å²) in [6, 6.07) is 10.3. The van der Waals surface area contributed by atoms with Crippen molar-refractivity contribution in [1.82, 2.24) is 0 Å². The monoisotopic (exact) mass is 319 g/mol. The van der Waals surface area contributed by atoms with Gasteiger partial charge in [-0.25, -0.2) is 0 Å². The van der Waals surface area contributed by atoms with E-state index >= 15 is 0 Å². The second-order valence-electron chi connectivity index (χ2n) is 4.46. The Morgan fingerprint density at radius 3 is 2.59 bits per heavy atom. The average molecular weight is 320 g/mol. The molecule has 0 aliphatic heterocycles.